The van der Waals surface area contributed by atoms with Gasteiger partial charge in [-0.3, -0.25) is 10.1 Å². The third-order valence-corrected chi connectivity index (χ3v) is 2.13. The summed E-state index contributed by atoms with van der Waals surface area (Å²) in [6.07, 6.45) is 3.96. The van der Waals surface area contributed by atoms with E-state index in [9.17, 15) is 10.1 Å². The zero-order valence-corrected chi connectivity index (χ0v) is 9.39. The van der Waals surface area contributed by atoms with Crippen molar-refractivity contribution in [3.63, 3.8) is 0 Å². The number of rotatable bonds is 4. The summed E-state index contributed by atoms with van der Waals surface area (Å²) < 4.78 is 5.49. The van der Waals surface area contributed by atoms with Gasteiger partial charge in [-0.1, -0.05) is 18.2 Å². The number of hydrogen-bond donors (Lipinski definition) is 0. The van der Waals surface area contributed by atoms with Crippen molar-refractivity contribution in [2.75, 3.05) is 0 Å². The fraction of sp³-hybridized carbons (Fsp3) is 0. The predicted molar refractivity (Wildman–Crippen MR) is 66.8 cm³/mol. The van der Waals surface area contributed by atoms with Crippen LogP contribution < -0.4 is 4.74 Å². The van der Waals surface area contributed by atoms with E-state index in [1.165, 1.54) is 6.08 Å². The van der Waals surface area contributed by atoms with Crippen LogP contribution in [-0.2, 0) is 0 Å². The molecule has 0 spiro atoms. The van der Waals surface area contributed by atoms with Crippen molar-refractivity contribution in [3.8, 4) is 11.6 Å². The number of nitro groups is 1. The molecule has 5 nitrogen and oxygen atoms in total. The first-order valence-electron chi connectivity index (χ1n) is 5.25. The molecule has 1 heterocycles. The Balaban J connectivity index is 2.06. The lowest BCUT2D eigenvalue weighted by Crippen LogP contribution is -1.87. The van der Waals surface area contributed by atoms with Crippen LogP contribution in [0, 0.1) is 10.1 Å². The minimum absolute atomic E-state index is 0.502. The molecule has 0 radical (unpaired) electrons. The first kappa shape index (κ1) is 11.8. The van der Waals surface area contributed by atoms with Crippen molar-refractivity contribution in [3.05, 3.63) is 70.5 Å². The molecule has 0 atom stereocenters. The van der Waals surface area contributed by atoms with Crippen LogP contribution in [-0.4, -0.2) is 9.91 Å². The van der Waals surface area contributed by atoms with Crippen LogP contribution in [0.25, 0.3) is 6.08 Å². The summed E-state index contributed by atoms with van der Waals surface area (Å²) in [6, 6.07) is 12.3. The Labute approximate surface area is 104 Å². The molecular weight excluding hydrogens is 232 g/mol. The largest absolute Gasteiger partial charge is 0.439 e. The summed E-state index contributed by atoms with van der Waals surface area (Å²) >= 11 is 0. The lowest BCUT2D eigenvalue weighted by atomic mass is 10.2. The first-order valence-corrected chi connectivity index (χ1v) is 5.25. The van der Waals surface area contributed by atoms with E-state index in [0.29, 0.717) is 11.6 Å². The smallest absolute Gasteiger partial charge is 0.235 e. The third kappa shape index (κ3) is 3.41. The predicted octanol–water partition coefficient (Wildman–Crippen LogP) is 3.12. The maximum atomic E-state index is 10.2. The van der Waals surface area contributed by atoms with Gasteiger partial charge in [0.1, 0.15) is 5.75 Å². The molecule has 18 heavy (non-hydrogen) atoms. The highest BCUT2D eigenvalue weighted by Crippen LogP contribution is 2.19. The van der Waals surface area contributed by atoms with Gasteiger partial charge in [0.2, 0.25) is 12.1 Å². The second kappa shape index (κ2) is 5.58. The lowest BCUT2D eigenvalue weighted by molar-refractivity contribution is -0.400. The van der Waals surface area contributed by atoms with Gasteiger partial charge in [0.25, 0.3) is 0 Å². The van der Waals surface area contributed by atoms with Crippen molar-refractivity contribution < 1.29 is 9.66 Å². The van der Waals surface area contributed by atoms with Gasteiger partial charge in [0, 0.05) is 18.3 Å². The molecule has 0 saturated carbocycles. The summed E-state index contributed by atoms with van der Waals surface area (Å²) in [6.45, 7) is 0. The Morgan fingerprint density at radius 1 is 1.17 bits per heavy atom. The number of benzene rings is 1. The quantitative estimate of drug-likeness (QED) is 0.610. The monoisotopic (exact) mass is 242 g/mol. The highest BCUT2D eigenvalue weighted by atomic mass is 16.6. The Morgan fingerprint density at radius 2 is 1.94 bits per heavy atom. The van der Waals surface area contributed by atoms with E-state index in [1.54, 1.807) is 42.6 Å². The normalized spacial score (nSPS) is 10.4. The first-order chi connectivity index (χ1) is 8.74. The summed E-state index contributed by atoms with van der Waals surface area (Å²) in [5.74, 6) is 1.14. The average Bonchev–Trinajstić information content (AvgIpc) is 2.39. The summed E-state index contributed by atoms with van der Waals surface area (Å²) in [4.78, 5) is 13.7. The molecule has 5 heteroatoms. The minimum Gasteiger partial charge on any atom is -0.439 e. The summed E-state index contributed by atoms with van der Waals surface area (Å²) in [5, 5.41) is 10.2. The fourth-order valence-corrected chi connectivity index (χ4v) is 1.32. The lowest BCUT2D eigenvalue weighted by Gasteiger charge is -2.03. The molecule has 0 aliphatic heterocycles. The van der Waals surface area contributed by atoms with Crippen molar-refractivity contribution in [1.82, 2.24) is 4.98 Å². The minimum atomic E-state index is -0.502. The molecule has 1 aromatic heterocycles. The number of ether oxygens (including phenoxy) is 1. The highest BCUT2D eigenvalue weighted by molar-refractivity contribution is 5.49. The maximum Gasteiger partial charge on any atom is 0.235 e. The van der Waals surface area contributed by atoms with Gasteiger partial charge in [-0.05, 0) is 23.8 Å². The molecule has 0 aliphatic carbocycles. The van der Waals surface area contributed by atoms with Crippen molar-refractivity contribution in [1.29, 1.82) is 0 Å². The topological polar surface area (TPSA) is 65.3 Å². The van der Waals surface area contributed by atoms with Crippen molar-refractivity contribution in [2.45, 2.75) is 0 Å². The number of nitrogens with zero attached hydrogens (tertiary/aromatic N) is 2. The maximum absolute atomic E-state index is 10.2. The van der Waals surface area contributed by atoms with Gasteiger partial charge < -0.3 is 4.74 Å². The van der Waals surface area contributed by atoms with E-state index in [1.807, 2.05) is 6.07 Å². The summed E-state index contributed by atoms with van der Waals surface area (Å²) in [7, 11) is 0. The SMILES string of the molecule is O=[N+]([O-])C=Cc1ccc(Oc2ccccn2)cc1. The molecule has 1 aromatic carbocycles. The van der Waals surface area contributed by atoms with E-state index in [2.05, 4.69) is 4.98 Å². The van der Waals surface area contributed by atoms with Crippen LogP contribution in [0.1, 0.15) is 5.56 Å². The van der Waals surface area contributed by atoms with Crippen LogP contribution in [0.5, 0.6) is 11.6 Å². The molecule has 2 aromatic rings. The molecule has 0 bridgehead atoms. The van der Waals surface area contributed by atoms with Gasteiger partial charge >= 0.3 is 0 Å². The van der Waals surface area contributed by atoms with Gasteiger partial charge in [0.05, 0.1) is 4.92 Å². The van der Waals surface area contributed by atoms with E-state index < -0.39 is 4.92 Å². The van der Waals surface area contributed by atoms with Crippen molar-refractivity contribution in [2.24, 2.45) is 0 Å². The van der Waals surface area contributed by atoms with E-state index >= 15 is 0 Å². The molecule has 0 aliphatic rings. The van der Waals surface area contributed by atoms with Gasteiger partial charge in [-0.2, -0.15) is 0 Å². The molecule has 2 rings (SSSR count). The Kier molecular flexibility index (Phi) is 3.66. The molecular formula is C13H10N2O3. The van der Waals surface area contributed by atoms with Crippen molar-refractivity contribution >= 4 is 6.08 Å². The molecule has 90 valence electrons. The highest BCUT2D eigenvalue weighted by Gasteiger charge is 1.97. The van der Waals surface area contributed by atoms with Gasteiger partial charge in [-0.15, -0.1) is 0 Å². The molecule has 0 N–H and O–H groups in total. The number of hydrogen-bond acceptors (Lipinski definition) is 4. The summed E-state index contributed by atoms with van der Waals surface area (Å²) in [5.41, 5.74) is 0.736. The Morgan fingerprint density at radius 3 is 2.56 bits per heavy atom. The zero-order valence-electron chi connectivity index (χ0n) is 9.39. The molecule has 0 unspecified atom stereocenters. The zero-order chi connectivity index (χ0) is 12.8. The van der Waals surface area contributed by atoms with E-state index in [4.69, 9.17) is 4.74 Å². The fourth-order valence-electron chi connectivity index (χ4n) is 1.32. The van der Waals surface area contributed by atoms with Gasteiger partial charge in [0.15, 0.2) is 0 Å². The van der Waals surface area contributed by atoms with Crippen LogP contribution >= 0.6 is 0 Å². The second-order valence-corrected chi connectivity index (χ2v) is 3.44. The van der Waals surface area contributed by atoms with E-state index in [-0.39, 0.29) is 0 Å². The van der Waals surface area contributed by atoms with Gasteiger partial charge in [-0.25, -0.2) is 4.98 Å². The molecule has 0 saturated heterocycles. The Hall–Kier alpha value is -2.69. The average molecular weight is 242 g/mol. The second-order valence-electron chi connectivity index (χ2n) is 3.44. The van der Waals surface area contributed by atoms with Crippen LogP contribution in [0.15, 0.2) is 54.9 Å². The van der Waals surface area contributed by atoms with Crippen LogP contribution in [0.3, 0.4) is 0 Å². The standard InChI is InChI=1S/C13H10N2O3/c16-15(17)10-8-11-4-6-12(7-5-11)18-13-3-1-2-9-14-13/h1-10H. The van der Waals surface area contributed by atoms with E-state index in [0.717, 1.165) is 11.8 Å². The molecule has 0 fully saturated rings. The van der Waals surface area contributed by atoms with Crippen LogP contribution in [0.2, 0.25) is 0 Å². The third-order valence-electron chi connectivity index (χ3n) is 2.13. The number of pyridine rings is 1. The van der Waals surface area contributed by atoms with Crippen LogP contribution in [0.4, 0.5) is 0 Å². The number of aromatic nitrogens is 1. The molecule has 0 amide bonds. The Bertz CT molecular complexity index is 550.